The normalized spacial score (nSPS) is 10.8. The molecular weight excluding hydrogens is 421 g/mol. The minimum absolute atomic E-state index is 0.171. The van der Waals surface area contributed by atoms with E-state index < -0.39 is 11.7 Å². The first-order valence-electron chi connectivity index (χ1n) is 10.1. The summed E-state index contributed by atoms with van der Waals surface area (Å²) in [4.78, 5) is 24.9. The van der Waals surface area contributed by atoms with E-state index in [1.807, 2.05) is 38.1 Å². The van der Waals surface area contributed by atoms with E-state index in [9.17, 15) is 19.2 Å². The summed E-state index contributed by atoms with van der Waals surface area (Å²) in [5.74, 6) is -1.07. The Balaban J connectivity index is 1.70. The van der Waals surface area contributed by atoms with E-state index in [1.54, 1.807) is 24.3 Å². The van der Waals surface area contributed by atoms with Crippen molar-refractivity contribution in [3.8, 4) is 11.8 Å². The summed E-state index contributed by atoms with van der Waals surface area (Å²) in [7, 11) is 0. The van der Waals surface area contributed by atoms with Crippen molar-refractivity contribution in [2.45, 2.75) is 13.8 Å². The average molecular weight is 443 g/mol. The number of anilines is 2. The van der Waals surface area contributed by atoms with Crippen molar-refractivity contribution in [3.05, 3.63) is 94.8 Å². The molecule has 0 radical (unpaired) electrons. The smallest absolute Gasteiger partial charge is 0.266 e. The minimum Gasteiger partial charge on any atom is -0.483 e. The van der Waals surface area contributed by atoms with Crippen LogP contribution in [0.15, 0.2) is 72.3 Å². The Morgan fingerprint density at radius 1 is 1.00 bits per heavy atom. The van der Waals surface area contributed by atoms with E-state index >= 15 is 0 Å². The fourth-order valence-electron chi connectivity index (χ4n) is 2.98. The van der Waals surface area contributed by atoms with Gasteiger partial charge in [-0.2, -0.15) is 5.26 Å². The van der Waals surface area contributed by atoms with E-state index in [0.29, 0.717) is 22.7 Å². The molecular formula is C26H22FN3O3. The first-order valence-corrected chi connectivity index (χ1v) is 10.1. The standard InChI is InChI=1S/C26H22FN3O3/c1-17-6-5-8-23(18(17)2)30-25(31)16-33-24-9-4-3-7-19(24)14-20(15-28)26(32)29-22-12-10-21(27)11-13-22/h3-14H,16H2,1-2H3,(H,29,32)(H,30,31)/b20-14+. The highest BCUT2D eigenvalue weighted by molar-refractivity contribution is 6.09. The maximum atomic E-state index is 13.1. The molecule has 0 saturated heterocycles. The summed E-state index contributed by atoms with van der Waals surface area (Å²) >= 11 is 0. The van der Waals surface area contributed by atoms with Crippen molar-refractivity contribution in [3.63, 3.8) is 0 Å². The average Bonchev–Trinajstić information content (AvgIpc) is 2.81. The molecule has 0 bridgehead atoms. The van der Waals surface area contributed by atoms with Gasteiger partial charge in [-0.05, 0) is 67.4 Å². The van der Waals surface area contributed by atoms with Gasteiger partial charge in [0.2, 0.25) is 0 Å². The Labute approximate surface area is 191 Å². The molecule has 7 heteroatoms. The van der Waals surface area contributed by atoms with Crippen LogP contribution in [0.2, 0.25) is 0 Å². The number of benzene rings is 3. The molecule has 0 saturated carbocycles. The topological polar surface area (TPSA) is 91.2 Å². The number of halogens is 1. The molecule has 0 fully saturated rings. The summed E-state index contributed by atoms with van der Waals surface area (Å²) in [6.07, 6.45) is 1.37. The lowest BCUT2D eigenvalue weighted by Gasteiger charge is -2.12. The second kappa shape index (κ2) is 10.7. The number of carbonyl (C=O) groups excluding carboxylic acids is 2. The van der Waals surface area contributed by atoms with Crippen molar-refractivity contribution in [1.82, 2.24) is 0 Å². The highest BCUT2D eigenvalue weighted by Crippen LogP contribution is 2.22. The van der Waals surface area contributed by atoms with Crippen LogP contribution >= 0.6 is 0 Å². The lowest BCUT2D eigenvalue weighted by molar-refractivity contribution is -0.118. The van der Waals surface area contributed by atoms with E-state index in [2.05, 4.69) is 10.6 Å². The van der Waals surface area contributed by atoms with Crippen LogP contribution in [0.4, 0.5) is 15.8 Å². The van der Waals surface area contributed by atoms with Crippen LogP contribution in [0.3, 0.4) is 0 Å². The molecule has 2 amide bonds. The highest BCUT2D eigenvalue weighted by Gasteiger charge is 2.13. The third-order valence-electron chi connectivity index (χ3n) is 4.92. The molecule has 0 aromatic heterocycles. The Hall–Kier alpha value is -4.44. The van der Waals surface area contributed by atoms with E-state index in [-0.39, 0.29) is 18.1 Å². The molecule has 0 aliphatic heterocycles. The van der Waals surface area contributed by atoms with Gasteiger partial charge in [0.1, 0.15) is 23.2 Å². The molecule has 0 aliphatic rings. The summed E-state index contributed by atoms with van der Waals surface area (Å²) in [5.41, 5.74) is 3.39. The maximum Gasteiger partial charge on any atom is 0.266 e. The van der Waals surface area contributed by atoms with Crippen molar-refractivity contribution >= 4 is 29.3 Å². The number of hydrogen-bond acceptors (Lipinski definition) is 4. The number of carbonyl (C=O) groups is 2. The number of rotatable bonds is 7. The Kier molecular flexibility index (Phi) is 7.55. The number of aryl methyl sites for hydroxylation is 1. The fraction of sp³-hybridized carbons (Fsp3) is 0.115. The molecule has 0 heterocycles. The van der Waals surface area contributed by atoms with Crippen molar-refractivity contribution in [2.24, 2.45) is 0 Å². The quantitative estimate of drug-likeness (QED) is 0.397. The summed E-state index contributed by atoms with van der Waals surface area (Å²) in [5, 5.41) is 14.8. The lowest BCUT2D eigenvalue weighted by atomic mass is 10.1. The summed E-state index contributed by atoms with van der Waals surface area (Å²) < 4.78 is 18.7. The first-order chi connectivity index (χ1) is 15.9. The number of amides is 2. The maximum absolute atomic E-state index is 13.1. The van der Waals surface area contributed by atoms with Crippen molar-refractivity contribution in [1.29, 1.82) is 5.26 Å². The molecule has 6 nitrogen and oxygen atoms in total. The van der Waals surface area contributed by atoms with Gasteiger partial charge in [-0.3, -0.25) is 9.59 Å². The van der Waals surface area contributed by atoms with E-state index in [0.717, 1.165) is 11.1 Å². The zero-order valence-corrected chi connectivity index (χ0v) is 18.2. The van der Waals surface area contributed by atoms with Gasteiger partial charge in [0.15, 0.2) is 6.61 Å². The van der Waals surface area contributed by atoms with Gasteiger partial charge in [0, 0.05) is 16.9 Å². The molecule has 3 rings (SSSR count). The Morgan fingerprint density at radius 3 is 2.45 bits per heavy atom. The summed E-state index contributed by atoms with van der Waals surface area (Å²) in [6, 6.07) is 19.5. The molecule has 0 atom stereocenters. The molecule has 3 aromatic carbocycles. The highest BCUT2D eigenvalue weighted by atomic mass is 19.1. The second-order valence-electron chi connectivity index (χ2n) is 7.25. The van der Waals surface area contributed by atoms with Gasteiger partial charge in [0.05, 0.1) is 0 Å². The molecule has 3 aromatic rings. The third-order valence-corrected chi connectivity index (χ3v) is 4.92. The van der Waals surface area contributed by atoms with Gasteiger partial charge in [0.25, 0.3) is 11.8 Å². The van der Waals surface area contributed by atoms with Crippen LogP contribution in [0, 0.1) is 31.0 Å². The van der Waals surface area contributed by atoms with Crippen LogP contribution in [0.1, 0.15) is 16.7 Å². The van der Waals surface area contributed by atoms with Gasteiger partial charge in [-0.1, -0.05) is 30.3 Å². The van der Waals surface area contributed by atoms with Gasteiger partial charge in [-0.25, -0.2) is 4.39 Å². The van der Waals surface area contributed by atoms with E-state index in [4.69, 9.17) is 4.74 Å². The Morgan fingerprint density at radius 2 is 1.73 bits per heavy atom. The van der Waals surface area contributed by atoms with Crippen LogP contribution in [0.25, 0.3) is 6.08 Å². The van der Waals surface area contributed by atoms with Crippen LogP contribution in [-0.2, 0) is 9.59 Å². The zero-order valence-electron chi connectivity index (χ0n) is 18.2. The van der Waals surface area contributed by atoms with E-state index in [1.165, 1.54) is 30.3 Å². The fourth-order valence-corrected chi connectivity index (χ4v) is 2.98. The number of hydrogen-bond donors (Lipinski definition) is 2. The lowest BCUT2D eigenvalue weighted by Crippen LogP contribution is -2.21. The number of para-hydroxylation sites is 1. The minimum atomic E-state index is -0.647. The monoisotopic (exact) mass is 443 g/mol. The predicted octanol–water partition coefficient (Wildman–Crippen LogP) is 5.01. The zero-order chi connectivity index (χ0) is 23.8. The molecule has 0 aliphatic carbocycles. The molecule has 166 valence electrons. The predicted molar refractivity (Wildman–Crippen MR) is 125 cm³/mol. The van der Waals surface area contributed by atoms with Crippen LogP contribution < -0.4 is 15.4 Å². The third kappa shape index (κ3) is 6.28. The first kappa shape index (κ1) is 23.2. The Bertz CT molecular complexity index is 1240. The van der Waals surface area contributed by atoms with Gasteiger partial charge < -0.3 is 15.4 Å². The number of ether oxygens (including phenoxy) is 1. The molecule has 0 unspecified atom stereocenters. The molecule has 2 N–H and O–H groups in total. The molecule has 33 heavy (non-hydrogen) atoms. The van der Waals surface area contributed by atoms with Crippen LogP contribution in [0.5, 0.6) is 5.75 Å². The number of nitrogens with zero attached hydrogens (tertiary/aromatic N) is 1. The molecule has 0 spiro atoms. The SMILES string of the molecule is Cc1cccc(NC(=O)COc2ccccc2/C=C(\C#N)C(=O)Nc2ccc(F)cc2)c1C. The van der Waals surface area contributed by atoms with Crippen molar-refractivity contribution in [2.75, 3.05) is 17.2 Å². The summed E-state index contributed by atoms with van der Waals surface area (Å²) in [6.45, 7) is 3.64. The van der Waals surface area contributed by atoms with Gasteiger partial charge >= 0.3 is 0 Å². The van der Waals surface area contributed by atoms with Crippen molar-refractivity contribution < 1.29 is 18.7 Å². The number of nitriles is 1. The van der Waals surface area contributed by atoms with Crippen LogP contribution in [-0.4, -0.2) is 18.4 Å². The number of nitrogens with one attached hydrogen (secondary N) is 2. The van der Waals surface area contributed by atoms with Gasteiger partial charge in [-0.15, -0.1) is 0 Å². The second-order valence-corrected chi connectivity index (χ2v) is 7.25. The largest absolute Gasteiger partial charge is 0.483 e.